The molecule has 0 bridgehead atoms. The highest BCUT2D eigenvalue weighted by Gasteiger charge is 2.44. The molecule has 2 fully saturated rings. The lowest BCUT2D eigenvalue weighted by Crippen LogP contribution is -2.59. The van der Waals surface area contributed by atoms with E-state index < -0.39 is 36.0 Å². The molecule has 3 rings (SSSR count). The van der Waals surface area contributed by atoms with Gasteiger partial charge in [0.05, 0.1) is 6.04 Å². The number of hydrogen-bond acceptors (Lipinski definition) is 6. The lowest BCUT2D eigenvalue weighted by Gasteiger charge is -2.36. The molecule has 5 amide bonds. The third kappa shape index (κ3) is 11.4. The van der Waals surface area contributed by atoms with Crippen LogP contribution in [0.5, 0.6) is 0 Å². The van der Waals surface area contributed by atoms with E-state index in [4.69, 9.17) is 5.73 Å². The minimum absolute atomic E-state index is 0.0470. The number of unbranched alkanes of at least 4 members (excludes halogenated alkanes) is 5. The van der Waals surface area contributed by atoms with Crippen molar-refractivity contribution in [2.24, 2.45) is 5.73 Å². The van der Waals surface area contributed by atoms with Gasteiger partial charge in [-0.3, -0.25) is 24.0 Å². The second kappa shape index (κ2) is 19.3. The van der Waals surface area contributed by atoms with Crippen LogP contribution in [-0.2, 0) is 30.4 Å². The van der Waals surface area contributed by atoms with E-state index in [-0.39, 0.29) is 36.6 Å². The van der Waals surface area contributed by atoms with Crippen LogP contribution in [0.15, 0.2) is 24.3 Å². The first-order valence-electron chi connectivity index (χ1n) is 17.4. The van der Waals surface area contributed by atoms with Gasteiger partial charge in [0.15, 0.2) is 0 Å². The fourth-order valence-electron chi connectivity index (χ4n) is 6.54. The first kappa shape index (κ1) is 37.0. The molecule has 46 heavy (non-hydrogen) atoms. The summed E-state index contributed by atoms with van der Waals surface area (Å²) in [6.07, 6.45) is 11.1. The standard InChI is InChI=1S/C35H56N6O5/c1-4-5-6-7-8-11-22-38-32(43)27(19-21-31(36)42)39-34(45)30-20-18-26-12-9-10-13-28(35(46)41(26)30)40-33(44)29(37-3)23-25-16-14-24(2)15-17-25/h14-17,26-30,37H,4-13,18-23H2,1-3H3,(H2,36,42)(H,38,43)(H,39,45)(H,40,44). The van der Waals surface area contributed by atoms with Crippen LogP contribution in [0.25, 0.3) is 0 Å². The second-order valence-corrected chi connectivity index (χ2v) is 13.0. The fraction of sp³-hybridized carbons (Fsp3) is 0.686. The van der Waals surface area contributed by atoms with Crippen LogP contribution >= 0.6 is 0 Å². The van der Waals surface area contributed by atoms with Crippen molar-refractivity contribution in [2.75, 3.05) is 13.6 Å². The number of fused-ring (bicyclic) bond motifs is 1. The summed E-state index contributed by atoms with van der Waals surface area (Å²) in [5, 5.41) is 11.8. The molecular weight excluding hydrogens is 584 g/mol. The van der Waals surface area contributed by atoms with Crippen molar-refractivity contribution in [3.05, 3.63) is 35.4 Å². The lowest BCUT2D eigenvalue weighted by atomic mass is 9.98. The predicted octanol–water partition coefficient (Wildman–Crippen LogP) is 2.77. The number of nitrogens with zero attached hydrogens (tertiary/aromatic N) is 1. The Morgan fingerprint density at radius 2 is 1.61 bits per heavy atom. The molecule has 0 saturated carbocycles. The van der Waals surface area contributed by atoms with Gasteiger partial charge in [-0.1, -0.05) is 81.7 Å². The first-order chi connectivity index (χ1) is 22.1. The van der Waals surface area contributed by atoms with Crippen LogP contribution in [-0.4, -0.2) is 78.2 Å². The molecule has 5 unspecified atom stereocenters. The molecule has 1 aromatic rings. The summed E-state index contributed by atoms with van der Waals surface area (Å²) in [7, 11) is 1.73. The smallest absolute Gasteiger partial charge is 0.246 e. The molecule has 2 saturated heterocycles. The minimum Gasteiger partial charge on any atom is -0.370 e. The van der Waals surface area contributed by atoms with Crippen molar-refractivity contribution >= 4 is 29.5 Å². The molecule has 2 aliphatic heterocycles. The van der Waals surface area contributed by atoms with Crippen LogP contribution in [0.4, 0.5) is 0 Å². The molecule has 2 aliphatic rings. The molecule has 256 valence electrons. The van der Waals surface area contributed by atoms with Gasteiger partial charge < -0.3 is 31.9 Å². The highest BCUT2D eigenvalue weighted by atomic mass is 16.2. The Hall–Kier alpha value is -3.47. The molecule has 11 nitrogen and oxygen atoms in total. The van der Waals surface area contributed by atoms with Crippen molar-refractivity contribution in [3.8, 4) is 0 Å². The average molecular weight is 641 g/mol. The van der Waals surface area contributed by atoms with Gasteiger partial charge >= 0.3 is 0 Å². The third-order valence-corrected chi connectivity index (χ3v) is 9.32. The Bertz CT molecular complexity index is 1160. The predicted molar refractivity (Wildman–Crippen MR) is 179 cm³/mol. The summed E-state index contributed by atoms with van der Waals surface area (Å²) in [6.45, 7) is 4.67. The van der Waals surface area contributed by atoms with Crippen LogP contribution in [0.3, 0.4) is 0 Å². The number of benzene rings is 1. The summed E-state index contributed by atoms with van der Waals surface area (Å²) < 4.78 is 0. The van der Waals surface area contributed by atoms with E-state index in [9.17, 15) is 24.0 Å². The molecule has 11 heteroatoms. The van der Waals surface area contributed by atoms with Crippen molar-refractivity contribution in [3.63, 3.8) is 0 Å². The summed E-state index contributed by atoms with van der Waals surface area (Å²) in [6, 6.07) is 4.95. The van der Waals surface area contributed by atoms with Crippen molar-refractivity contribution in [2.45, 2.75) is 140 Å². The molecule has 0 spiro atoms. The maximum absolute atomic E-state index is 14.0. The number of primary amides is 1. The monoisotopic (exact) mass is 640 g/mol. The lowest BCUT2D eigenvalue weighted by molar-refractivity contribution is -0.145. The normalized spacial score (nSPS) is 21.0. The van der Waals surface area contributed by atoms with Crippen molar-refractivity contribution < 1.29 is 24.0 Å². The van der Waals surface area contributed by atoms with Gasteiger partial charge in [-0.15, -0.1) is 0 Å². The number of likely N-dealkylation sites (N-methyl/N-ethyl adjacent to an activating group) is 1. The van der Waals surface area contributed by atoms with Gasteiger partial charge in [0.2, 0.25) is 29.5 Å². The Labute approximate surface area is 274 Å². The number of aryl methyl sites for hydroxylation is 1. The number of rotatable bonds is 18. The first-order valence-corrected chi connectivity index (χ1v) is 17.4. The van der Waals surface area contributed by atoms with Crippen molar-refractivity contribution in [1.29, 1.82) is 0 Å². The molecule has 0 aliphatic carbocycles. The van der Waals surface area contributed by atoms with Crippen molar-refractivity contribution in [1.82, 2.24) is 26.2 Å². The molecule has 1 aromatic carbocycles. The van der Waals surface area contributed by atoms with Crippen LogP contribution in [0.1, 0.15) is 108 Å². The Balaban J connectivity index is 1.65. The number of hydrogen-bond donors (Lipinski definition) is 5. The zero-order valence-corrected chi connectivity index (χ0v) is 28.1. The van der Waals surface area contributed by atoms with E-state index >= 15 is 0 Å². The average Bonchev–Trinajstić information content (AvgIpc) is 3.45. The second-order valence-electron chi connectivity index (χ2n) is 13.0. The Kier molecular flexibility index (Phi) is 15.5. The SMILES string of the molecule is CCCCCCCCNC(=O)C(CCC(N)=O)NC(=O)C1CCC2CCCCC(NC(=O)C(Cc3ccc(C)cc3)NC)C(=O)N21. The van der Waals surface area contributed by atoms with Crippen LogP contribution < -0.4 is 27.0 Å². The summed E-state index contributed by atoms with van der Waals surface area (Å²) in [4.78, 5) is 67.4. The maximum Gasteiger partial charge on any atom is 0.246 e. The number of carbonyl (C=O) groups excluding carboxylic acids is 5. The van der Waals surface area contributed by atoms with E-state index in [1.165, 1.54) is 19.3 Å². The minimum atomic E-state index is -0.933. The number of nitrogens with two attached hydrogens (primary N) is 1. The quantitative estimate of drug-likeness (QED) is 0.155. The van der Waals surface area contributed by atoms with Crippen LogP contribution in [0.2, 0.25) is 0 Å². The summed E-state index contributed by atoms with van der Waals surface area (Å²) in [5.74, 6) is -1.84. The molecule has 0 radical (unpaired) electrons. The van der Waals surface area contributed by atoms with Gasteiger partial charge in [0, 0.05) is 19.0 Å². The summed E-state index contributed by atoms with van der Waals surface area (Å²) >= 11 is 0. The highest BCUT2D eigenvalue weighted by molar-refractivity contribution is 5.95. The van der Waals surface area contributed by atoms with Crippen LogP contribution in [0, 0.1) is 6.92 Å². The van der Waals surface area contributed by atoms with E-state index in [0.717, 1.165) is 49.7 Å². The number of carbonyl (C=O) groups is 5. The van der Waals surface area contributed by atoms with E-state index in [1.807, 2.05) is 31.2 Å². The molecule has 2 heterocycles. The third-order valence-electron chi connectivity index (χ3n) is 9.32. The van der Waals surface area contributed by atoms with Gasteiger partial charge in [-0.05, 0) is 64.5 Å². The van der Waals surface area contributed by atoms with E-state index in [2.05, 4.69) is 28.2 Å². The molecule has 5 atom stereocenters. The molecule has 0 aromatic heterocycles. The topological polar surface area (TPSA) is 163 Å². The highest BCUT2D eigenvalue weighted by Crippen LogP contribution is 2.31. The van der Waals surface area contributed by atoms with Gasteiger partial charge in [-0.25, -0.2) is 0 Å². The fourth-order valence-corrected chi connectivity index (χ4v) is 6.54. The van der Waals surface area contributed by atoms with E-state index in [0.29, 0.717) is 32.2 Å². The zero-order valence-electron chi connectivity index (χ0n) is 28.1. The number of nitrogens with one attached hydrogen (secondary N) is 4. The largest absolute Gasteiger partial charge is 0.370 e. The number of amides is 5. The van der Waals surface area contributed by atoms with Gasteiger partial charge in [0.1, 0.15) is 18.1 Å². The Morgan fingerprint density at radius 3 is 2.30 bits per heavy atom. The van der Waals surface area contributed by atoms with Gasteiger partial charge in [0.25, 0.3) is 0 Å². The molecule has 6 N–H and O–H groups in total. The van der Waals surface area contributed by atoms with Gasteiger partial charge in [-0.2, -0.15) is 0 Å². The summed E-state index contributed by atoms with van der Waals surface area (Å²) in [5.41, 5.74) is 7.53. The zero-order chi connectivity index (χ0) is 33.5. The molecular formula is C35H56N6O5. The van der Waals surface area contributed by atoms with E-state index in [1.54, 1.807) is 11.9 Å². The Morgan fingerprint density at radius 1 is 0.913 bits per heavy atom. The maximum atomic E-state index is 14.0.